The summed E-state index contributed by atoms with van der Waals surface area (Å²) < 4.78 is 35.0. The zero-order valence-electron chi connectivity index (χ0n) is 17.9. The topological polar surface area (TPSA) is 59.4 Å². The number of anilines is 2. The molecule has 1 aromatic heterocycles. The molecule has 0 radical (unpaired) electrons. The molecule has 1 N–H and O–H groups in total. The Labute approximate surface area is 195 Å². The van der Waals surface area contributed by atoms with Crippen molar-refractivity contribution in [1.82, 2.24) is 14.5 Å². The summed E-state index contributed by atoms with van der Waals surface area (Å²) in [5, 5.41) is 3.29. The van der Waals surface area contributed by atoms with E-state index in [1.807, 2.05) is 9.47 Å². The highest BCUT2D eigenvalue weighted by Crippen LogP contribution is 2.34. The minimum Gasteiger partial charge on any atom is -0.381 e. The molecule has 9 heteroatoms. The maximum absolute atomic E-state index is 14.0. The molecular formula is C24H23ClF2N4O2. The molecule has 1 amide bonds. The summed E-state index contributed by atoms with van der Waals surface area (Å²) in [5.41, 5.74) is 1.84. The summed E-state index contributed by atoms with van der Waals surface area (Å²) in [6.07, 6.45) is 1.72. The van der Waals surface area contributed by atoms with Gasteiger partial charge in [0.2, 0.25) is 5.91 Å². The van der Waals surface area contributed by atoms with Crippen LogP contribution in [0, 0.1) is 17.6 Å². The van der Waals surface area contributed by atoms with E-state index in [-0.39, 0.29) is 22.7 Å². The van der Waals surface area contributed by atoms with E-state index in [2.05, 4.69) is 5.32 Å². The van der Waals surface area contributed by atoms with E-state index < -0.39 is 5.82 Å². The standard InChI is InChI=1S/C24H23ClF2N4O2/c25-19-8-7-18(12-20(19)27)28-23-22(15-3-5-17(26)6-4-15)29-21-13-30(9-10-31(21)23)24(32)16-2-1-11-33-14-16/h3-8,12,16,28H,1-2,9-11,13-14H2. The van der Waals surface area contributed by atoms with Gasteiger partial charge in [-0.3, -0.25) is 4.79 Å². The summed E-state index contributed by atoms with van der Waals surface area (Å²) in [6.45, 7) is 2.59. The molecule has 5 rings (SSSR count). The van der Waals surface area contributed by atoms with Crippen LogP contribution in [0.4, 0.5) is 20.3 Å². The second-order valence-corrected chi connectivity index (χ2v) is 8.72. The van der Waals surface area contributed by atoms with Gasteiger partial charge in [-0.05, 0) is 55.3 Å². The van der Waals surface area contributed by atoms with Crippen LogP contribution in [0.2, 0.25) is 5.02 Å². The third kappa shape index (κ3) is 4.45. The summed E-state index contributed by atoms with van der Waals surface area (Å²) >= 11 is 5.83. The monoisotopic (exact) mass is 472 g/mol. The van der Waals surface area contributed by atoms with E-state index in [0.717, 1.165) is 12.8 Å². The van der Waals surface area contributed by atoms with Crippen molar-refractivity contribution in [1.29, 1.82) is 0 Å². The summed E-state index contributed by atoms with van der Waals surface area (Å²) in [4.78, 5) is 19.6. The molecule has 6 nitrogen and oxygen atoms in total. The van der Waals surface area contributed by atoms with Gasteiger partial charge in [0, 0.05) is 30.9 Å². The number of halogens is 3. The fourth-order valence-corrected chi connectivity index (χ4v) is 4.48. The lowest BCUT2D eigenvalue weighted by Crippen LogP contribution is -2.43. The van der Waals surface area contributed by atoms with Crippen LogP contribution in [0.15, 0.2) is 42.5 Å². The smallest absolute Gasteiger partial charge is 0.228 e. The van der Waals surface area contributed by atoms with Crippen LogP contribution < -0.4 is 5.32 Å². The lowest BCUT2D eigenvalue weighted by Gasteiger charge is -2.32. The molecule has 3 aromatic rings. The van der Waals surface area contributed by atoms with Crippen molar-refractivity contribution >= 4 is 29.0 Å². The first-order valence-electron chi connectivity index (χ1n) is 10.9. The molecule has 0 aliphatic carbocycles. The normalized spacial score (nSPS) is 18.2. The molecule has 1 unspecified atom stereocenters. The Morgan fingerprint density at radius 1 is 1.15 bits per heavy atom. The number of hydrogen-bond donors (Lipinski definition) is 1. The number of rotatable bonds is 4. The fourth-order valence-electron chi connectivity index (χ4n) is 4.36. The number of amides is 1. The molecule has 1 saturated heterocycles. The predicted octanol–water partition coefficient (Wildman–Crippen LogP) is 4.99. The van der Waals surface area contributed by atoms with Crippen molar-refractivity contribution in [2.75, 3.05) is 25.1 Å². The van der Waals surface area contributed by atoms with Crippen LogP contribution in [0.3, 0.4) is 0 Å². The van der Waals surface area contributed by atoms with E-state index in [4.69, 9.17) is 21.3 Å². The molecule has 2 aromatic carbocycles. The first-order valence-corrected chi connectivity index (χ1v) is 11.3. The van der Waals surface area contributed by atoms with Crippen LogP contribution in [-0.2, 0) is 22.6 Å². The number of fused-ring (bicyclic) bond motifs is 1. The largest absolute Gasteiger partial charge is 0.381 e. The SMILES string of the molecule is O=C(C1CCCOC1)N1CCn2c(nc(-c3ccc(F)cc3)c2Nc2ccc(Cl)c(F)c2)C1. The molecule has 172 valence electrons. The predicted molar refractivity (Wildman–Crippen MR) is 121 cm³/mol. The average Bonchev–Trinajstić information content (AvgIpc) is 3.19. The van der Waals surface area contributed by atoms with Gasteiger partial charge in [-0.25, -0.2) is 13.8 Å². The Morgan fingerprint density at radius 3 is 2.70 bits per heavy atom. The van der Waals surface area contributed by atoms with Crippen molar-refractivity contribution in [3.63, 3.8) is 0 Å². The Morgan fingerprint density at radius 2 is 1.97 bits per heavy atom. The number of carbonyl (C=O) groups excluding carboxylic acids is 1. The van der Waals surface area contributed by atoms with Crippen LogP contribution in [-0.4, -0.2) is 40.1 Å². The van der Waals surface area contributed by atoms with Gasteiger partial charge >= 0.3 is 0 Å². The molecule has 0 bridgehead atoms. The number of hydrogen-bond acceptors (Lipinski definition) is 4. The van der Waals surface area contributed by atoms with Crippen molar-refractivity contribution in [2.24, 2.45) is 5.92 Å². The van der Waals surface area contributed by atoms with Crippen LogP contribution in [0.1, 0.15) is 18.7 Å². The summed E-state index contributed by atoms with van der Waals surface area (Å²) in [6, 6.07) is 10.5. The highest BCUT2D eigenvalue weighted by Gasteiger charge is 2.31. The fraction of sp³-hybridized carbons (Fsp3) is 0.333. The lowest BCUT2D eigenvalue weighted by atomic mass is 10.0. The van der Waals surface area contributed by atoms with E-state index in [1.165, 1.54) is 24.3 Å². The molecular weight excluding hydrogens is 450 g/mol. The molecule has 2 aliphatic heterocycles. The first kappa shape index (κ1) is 21.9. The Balaban J connectivity index is 1.48. The zero-order chi connectivity index (χ0) is 22.9. The zero-order valence-corrected chi connectivity index (χ0v) is 18.6. The third-order valence-corrected chi connectivity index (χ3v) is 6.40. The quantitative estimate of drug-likeness (QED) is 0.581. The Kier molecular flexibility index (Phi) is 6.03. The van der Waals surface area contributed by atoms with Gasteiger partial charge < -0.3 is 19.5 Å². The number of nitrogens with zero attached hydrogens (tertiary/aromatic N) is 3. The molecule has 1 atom stereocenters. The van der Waals surface area contributed by atoms with E-state index in [1.54, 1.807) is 18.2 Å². The number of imidazole rings is 1. The number of nitrogens with one attached hydrogen (secondary N) is 1. The van der Waals surface area contributed by atoms with Crippen molar-refractivity contribution < 1.29 is 18.3 Å². The van der Waals surface area contributed by atoms with Gasteiger partial charge in [-0.15, -0.1) is 0 Å². The van der Waals surface area contributed by atoms with Gasteiger partial charge in [0.1, 0.15) is 29.0 Å². The molecule has 2 aliphatic rings. The maximum Gasteiger partial charge on any atom is 0.228 e. The highest BCUT2D eigenvalue weighted by molar-refractivity contribution is 6.30. The minimum absolute atomic E-state index is 0.0375. The summed E-state index contributed by atoms with van der Waals surface area (Å²) in [7, 11) is 0. The van der Waals surface area contributed by atoms with E-state index in [0.29, 0.717) is 61.4 Å². The highest BCUT2D eigenvalue weighted by atomic mass is 35.5. The molecule has 33 heavy (non-hydrogen) atoms. The van der Waals surface area contributed by atoms with Crippen molar-refractivity contribution in [2.45, 2.75) is 25.9 Å². The van der Waals surface area contributed by atoms with Crippen molar-refractivity contribution in [3.8, 4) is 11.3 Å². The first-order chi connectivity index (χ1) is 16.0. The number of benzene rings is 2. The molecule has 3 heterocycles. The second kappa shape index (κ2) is 9.11. The Hall–Kier alpha value is -2.97. The van der Waals surface area contributed by atoms with Crippen LogP contribution in [0.5, 0.6) is 0 Å². The minimum atomic E-state index is -0.533. The van der Waals surface area contributed by atoms with Gasteiger partial charge in [-0.2, -0.15) is 0 Å². The van der Waals surface area contributed by atoms with E-state index in [9.17, 15) is 13.6 Å². The van der Waals surface area contributed by atoms with Crippen molar-refractivity contribution in [3.05, 3.63) is 64.9 Å². The number of aromatic nitrogens is 2. The van der Waals surface area contributed by atoms with Gasteiger partial charge in [0.15, 0.2) is 0 Å². The third-order valence-electron chi connectivity index (χ3n) is 6.09. The lowest BCUT2D eigenvalue weighted by molar-refractivity contribution is -0.141. The maximum atomic E-state index is 14.0. The number of carbonyl (C=O) groups is 1. The second-order valence-electron chi connectivity index (χ2n) is 8.31. The number of ether oxygens (including phenoxy) is 1. The van der Waals surface area contributed by atoms with E-state index >= 15 is 0 Å². The molecule has 0 spiro atoms. The molecule has 0 saturated carbocycles. The Bertz CT molecular complexity index is 1180. The van der Waals surface area contributed by atoms with Gasteiger partial charge in [0.05, 0.1) is 24.1 Å². The molecule has 1 fully saturated rings. The average molecular weight is 473 g/mol. The summed E-state index contributed by atoms with van der Waals surface area (Å²) in [5.74, 6) is 0.459. The van der Waals surface area contributed by atoms with Crippen LogP contribution in [0.25, 0.3) is 11.3 Å². The van der Waals surface area contributed by atoms with Gasteiger partial charge in [0.25, 0.3) is 0 Å². The van der Waals surface area contributed by atoms with Gasteiger partial charge in [-0.1, -0.05) is 11.6 Å². The van der Waals surface area contributed by atoms with Crippen LogP contribution >= 0.6 is 11.6 Å².